The van der Waals surface area contributed by atoms with E-state index in [4.69, 9.17) is 0 Å². The zero-order chi connectivity index (χ0) is 11.5. The molecule has 0 saturated carbocycles. The molecule has 1 heterocycles. The molecule has 1 aromatic heterocycles. The Kier molecular flexibility index (Phi) is 2.59. The van der Waals surface area contributed by atoms with Crippen LogP contribution in [0.15, 0.2) is 42.7 Å². The lowest BCUT2D eigenvalue weighted by Crippen LogP contribution is -2.07. The Morgan fingerprint density at radius 2 is 2.00 bits per heavy atom. The fourth-order valence-corrected chi connectivity index (χ4v) is 1.39. The monoisotopic (exact) mass is 217 g/mol. The Morgan fingerprint density at radius 3 is 2.62 bits per heavy atom. The van der Waals surface area contributed by atoms with Crippen LogP contribution >= 0.6 is 0 Å². The van der Waals surface area contributed by atoms with Gasteiger partial charge in [-0.2, -0.15) is 0 Å². The standard InChI is InChI=1S/C11H11N3O2/c1-9-4-5-10(14(15)16)8-11(9)12-13-6-2-3-7-13/h2-8,12H,1H3. The Morgan fingerprint density at radius 1 is 1.31 bits per heavy atom. The van der Waals surface area contributed by atoms with Gasteiger partial charge in [-0.3, -0.25) is 20.2 Å². The molecule has 0 unspecified atom stereocenters. The average molecular weight is 217 g/mol. The van der Waals surface area contributed by atoms with Crippen LogP contribution in [-0.4, -0.2) is 9.60 Å². The Labute approximate surface area is 92.4 Å². The van der Waals surface area contributed by atoms with Crippen molar-refractivity contribution in [1.29, 1.82) is 0 Å². The van der Waals surface area contributed by atoms with Crippen LogP contribution in [0.5, 0.6) is 0 Å². The number of nitrogens with zero attached hydrogens (tertiary/aromatic N) is 2. The molecule has 1 aromatic carbocycles. The number of rotatable bonds is 3. The van der Waals surface area contributed by atoms with Gasteiger partial charge in [0.1, 0.15) is 0 Å². The van der Waals surface area contributed by atoms with Gasteiger partial charge in [-0.05, 0) is 24.6 Å². The molecule has 5 nitrogen and oxygen atoms in total. The maximum atomic E-state index is 10.6. The van der Waals surface area contributed by atoms with Crippen molar-refractivity contribution in [3.8, 4) is 0 Å². The average Bonchev–Trinajstić information content (AvgIpc) is 2.73. The molecule has 0 aliphatic heterocycles. The highest BCUT2D eigenvalue weighted by Gasteiger charge is 2.08. The Balaban J connectivity index is 2.32. The molecule has 16 heavy (non-hydrogen) atoms. The van der Waals surface area contributed by atoms with Crippen molar-refractivity contribution in [2.24, 2.45) is 0 Å². The first kappa shape index (κ1) is 10.2. The maximum absolute atomic E-state index is 10.6. The van der Waals surface area contributed by atoms with E-state index in [0.717, 1.165) is 11.3 Å². The lowest BCUT2D eigenvalue weighted by molar-refractivity contribution is -0.384. The normalized spacial score (nSPS) is 10.1. The molecule has 0 saturated heterocycles. The number of anilines is 1. The van der Waals surface area contributed by atoms with Crippen LogP contribution in [0.2, 0.25) is 0 Å². The van der Waals surface area contributed by atoms with Crippen molar-refractivity contribution in [1.82, 2.24) is 4.68 Å². The number of aromatic nitrogens is 1. The van der Waals surface area contributed by atoms with Gasteiger partial charge < -0.3 is 0 Å². The summed E-state index contributed by atoms with van der Waals surface area (Å²) in [5.41, 5.74) is 4.83. The number of nitro groups is 1. The van der Waals surface area contributed by atoms with E-state index in [1.165, 1.54) is 12.1 Å². The molecule has 82 valence electrons. The summed E-state index contributed by atoms with van der Waals surface area (Å²) in [6.07, 6.45) is 3.66. The van der Waals surface area contributed by atoms with Gasteiger partial charge in [-0.1, -0.05) is 6.07 Å². The van der Waals surface area contributed by atoms with Crippen molar-refractivity contribution in [3.63, 3.8) is 0 Å². The van der Waals surface area contributed by atoms with Crippen LogP contribution in [0.4, 0.5) is 11.4 Å². The van der Waals surface area contributed by atoms with Crippen molar-refractivity contribution in [2.45, 2.75) is 6.92 Å². The second-order valence-electron chi connectivity index (χ2n) is 3.46. The summed E-state index contributed by atoms with van der Waals surface area (Å²) in [4.78, 5) is 10.2. The molecule has 0 aliphatic carbocycles. The van der Waals surface area contributed by atoms with Gasteiger partial charge in [0.25, 0.3) is 5.69 Å². The minimum absolute atomic E-state index is 0.0836. The van der Waals surface area contributed by atoms with E-state index in [9.17, 15) is 10.1 Å². The number of benzene rings is 1. The van der Waals surface area contributed by atoms with Crippen LogP contribution in [-0.2, 0) is 0 Å². The number of nitro benzene ring substituents is 1. The van der Waals surface area contributed by atoms with E-state index in [1.807, 2.05) is 31.5 Å². The van der Waals surface area contributed by atoms with Gasteiger partial charge in [-0.25, -0.2) is 0 Å². The zero-order valence-corrected chi connectivity index (χ0v) is 8.75. The lowest BCUT2D eigenvalue weighted by Gasteiger charge is -2.09. The van der Waals surface area contributed by atoms with Crippen molar-refractivity contribution < 1.29 is 4.92 Å². The number of hydrogen-bond acceptors (Lipinski definition) is 3. The fraction of sp³-hybridized carbons (Fsp3) is 0.0909. The summed E-state index contributed by atoms with van der Waals surface area (Å²) in [7, 11) is 0. The summed E-state index contributed by atoms with van der Waals surface area (Å²) < 4.78 is 1.74. The van der Waals surface area contributed by atoms with Gasteiger partial charge in [0.2, 0.25) is 0 Å². The number of hydrogen-bond donors (Lipinski definition) is 1. The van der Waals surface area contributed by atoms with Crippen LogP contribution in [0, 0.1) is 17.0 Å². The van der Waals surface area contributed by atoms with Crippen LogP contribution in [0.3, 0.4) is 0 Å². The third kappa shape index (κ3) is 2.03. The predicted molar refractivity (Wildman–Crippen MR) is 61.3 cm³/mol. The first-order chi connectivity index (χ1) is 7.66. The van der Waals surface area contributed by atoms with Crippen molar-refractivity contribution in [2.75, 3.05) is 5.43 Å². The first-order valence-corrected chi connectivity index (χ1v) is 4.82. The third-order valence-electron chi connectivity index (χ3n) is 2.29. The molecule has 2 aromatic rings. The highest BCUT2D eigenvalue weighted by atomic mass is 16.6. The highest BCUT2D eigenvalue weighted by Crippen LogP contribution is 2.21. The van der Waals surface area contributed by atoms with Gasteiger partial charge in [0, 0.05) is 24.5 Å². The number of nitrogens with one attached hydrogen (secondary N) is 1. The minimum atomic E-state index is -0.402. The van der Waals surface area contributed by atoms with Crippen LogP contribution in [0.1, 0.15) is 5.56 Å². The second-order valence-corrected chi connectivity index (χ2v) is 3.46. The van der Waals surface area contributed by atoms with E-state index < -0.39 is 4.92 Å². The van der Waals surface area contributed by atoms with Crippen LogP contribution < -0.4 is 5.43 Å². The largest absolute Gasteiger partial charge is 0.294 e. The molecule has 0 spiro atoms. The maximum Gasteiger partial charge on any atom is 0.271 e. The fourth-order valence-electron chi connectivity index (χ4n) is 1.39. The summed E-state index contributed by atoms with van der Waals surface area (Å²) in [6, 6.07) is 8.49. The molecule has 2 rings (SSSR count). The number of non-ortho nitro benzene ring substituents is 1. The predicted octanol–water partition coefficient (Wildman–Crippen LogP) is 2.58. The summed E-state index contributed by atoms with van der Waals surface area (Å²) in [6.45, 7) is 1.90. The van der Waals surface area contributed by atoms with Crippen LogP contribution in [0.25, 0.3) is 0 Å². The van der Waals surface area contributed by atoms with Gasteiger partial charge in [0.15, 0.2) is 0 Å². The van der Waals surface area contributed by atoms with E-state index in [-0.39, 0.29) is 5.69 Å². The molecule has 5 heteroatoms. The molecule has 0 bridgehead atoms. The van der Waals surface area contributed by atoms with E-state index in [0.29, 0.717) is 0 Å². The Bertz CT molecular complexity index is 506. The molecular formula is C11H11N3O2. The van der Waals surface area contributed by atoms with E-state index >= 15 is 0 Å². The topological polar surface area (TPSA) is 60.1 Å². The molecule has 0 atom stereocenters. The number of aryl methyl sites for hydroxylation is 1. The third-order valence-corrected chi connectivity index (χ3v) is 2.29. The quantitative estimate of drug-likeness (QED) is 0.635. The summed E-state index contributed by atoms with van der Waals surface area (Å²) >= 11 is 0. The van der Waals surface area contributed by atoms with Gasteiger partial charge in [-0.15, -0.1) is 0 Å². The van der Waals surface area contributed by atoms with Crippen molar-refractivity contribution >= 4 is 11.4 Å². The second kappa shape index (κ2) is 4.06. The molecular weight excluding hydrogens is 206 g/mol. The van der Waals surface area contributed by atoms with Gasteiger partial charge in [0.05, 0.1) is 10.6 Å². The first-order valence-electron chi connectivity index (χ1n) is 4.82. The summed E-state index contributed by atoms with van der Waals surface area (Å²) in [5.74, 6) is 0. The lowest BCUT2D eigenvalue weighted by atomic mass is 10.2. The molecule has 0 radical (unpaired) electrons. The minimum Gasteiger partial charge on any atom is -0.294 e. The van der Waals surface area contributed by atoms with Crippen molar-refractivity contribution in [3.05, 3.63) is 58.4 Å². The smallest absolute Gasteiger partial charge is 0.271 e. The molecule has 0 fully saturated rings. The zero-order valence-electron chi connectivity index (χ0n) is 8.75. The van der Waals surface area contributed by atoms with E-state index in [1.54, 1.807) is 10.7 Å². The van der Waals surface area contributed by atoms with Gasteiger partial charge >= 0.3 is 0 Å². The SMILES string of the molecule is Cc1ccc([N+](=O)[O-])cc1Nn1cccc1. The Hall–Kier alpha value is -2.30. The summed E-state index contributed by atoms with van der Waals surface area (Å²) in [5, 5.41) is 10.6. The molecule has 0 amide bonds. The molecule has 0 aliphatic rings. The molecule has 1 N–H and O–H groups in total. The van der Waals surface area contributed by atoms with E-state index in [2.05, 4.69) is 5.43 Å². The highest BCUT2D eigenvalue weighted by molar-refractivity contribution is 5.56.